The monoisotopic (exact) mass is 387 g/mol. The molecule has 0 heterocycles. The Kier molecular flexibility index (Phi) is 5.36. The molecule has 1 aliphatic rings. The standard InChI is InChI=1S/C20H23BrN2O/c1-14-12-16(21)10-11-18(14)22-20(24)13-23(2)19-9-5-7-15-6-3-4-8-17(15)19/h3-4,6,8,10-12,19H,5,7,9,13H2,1-2H3,(H,22,24)/p+1/t19-/m0/s1. The quantitative estimate of drug-likeness (QED) is 0.828. The molecule has 4 heteroatoms. The lowest BCUT2D eigenvalue weighted by Gasteiger charge is -2.30. The van der Waals surface area contributed by atoms with E-state index in [1.54, 1.807) is 0 Å². The predicted molar refractivity (Wildman–Crippen MR) is 101 cm³/mol. The number of nitrogens with one attached hydrogen (secondary N) is 2. The first-order valence-corrected chi connectivity index (χ1v) is 9.30. The van der Waals surface area contributed by atoms with E-state index in [2.05, 4.69) is 52.6 Å². The van der Waals surface area contributed by atoms with E-state index < -0.39 is 0 Å². The molecular formula is C20H24BrN2O+. The summed E-state index contributed by atoms with van der Waals surface area (Å²) in [5.74, 6) is 0.0703. The van der Waals surface area contributed by atoms with E-state index in [9.17, 15) is 4.79 Å². The maximum atomic E-state index is 12.5. The van der Waals surface area contributed by atoms with E-state index in [0.29, 0.717) is 12.6 Å². The maximum absolute atomic E-state index is 12.5. The molecule has 2 aromatic carbocycles. The number of benzene rings is 2. The van der Waals surface area contributed by atoms with Crippen LogP contribution in [0, 0.1) is 6.92 Å². The highest BCUT2D eigenvalue weighted by atomic mass is 79.9. The third-order valence-corrected chi connectivity index (χ3v) is 5.36. The first-order valence-electron chi connectivity index (χ1n) is 8.50. The highest BCUT2D eigenvalue weighted by Gasteiger charge is 2.27. The molecule has 1 amide bonds. The number of aryl methyl sites for hydroxylation is 2. The number of rotatable bonds is 4. The minimum Gasteiger partial charge on any atom is -0.323 e. The average Bonchev–Trinajstić information content (AvgIpc) is 2.57. The van der Waals surface area contributed by atoms with Gasteiger partial charge in [0.2, 0.25) is 0 Å². The summed E-state index contributed by atoms with van der Waals surface area (Å²) in [6.45, 7) is 2.49. The van der Waals surface area contributed by atoms with E-state index in [0.717, 1.165) is 28.6 Å². The van der Waals surface area contributed by atoms with Crippen molar-refractivity contribution in [2.45, 2.75) is 32.2 Å². The molecule has 3 nitrogen and oxygen atoms in total. The average molecular weight is 388 g/mol. The van der Waals surface area contributed by atoms with Gasteiger partial charge in [0.1, 0.15) is 6.04 Å². The van der Waals surface area contributed by atoms with E-state index in [1.807, 2.05) is 25.1 Å². The van der Waals surface area contributed by atoms with Crippen molar-refractivity contribution >= 4 is 27.5 Å². The lowest BCUT2D eigenvalue weighted by molar-refractivity contribution is -0.905. The molecule has 0 saturated heterocycles. The first-order chi connectivity index (χ1) is 11.5. The third-order valence-electron chi connectivity index (χ3n) is 4.87. The summed E-state index contributed by atoms with van der Waals surface area (Å²) in [5.41, 5.74) is 4.81. The van der Waals surface area contributed by atoms with Gasteiger partial charge in [-0.2, -0.15) is 0 Å². The van der Waals surface area contributed by atoms with Crippen molar-refractivity contribution in [1.29, 1.82) is 0 Å². The van der Waals surface area contributed by atoms with Crippen molar-refractivity contribution in [1.82, 2.24) is 0 Å². The minimum absolute atomic E-state index is 0.0703. The summed E-state index contributed by atoms with van der Waals surface area (Å²) in [6.07, 6.45) is 3.50. The second-order valence-electron chi connectivity index (χ2n) is 6.67. The van der Waals surface area contributed by atoms with Gasteiger partial charge in [-0.05, 0) is 49.1 Å². The molecule has 3 rings (SSSR count). The number of hydrogen-bond donors (Lipinski definition) is 2. The molecule has 0 radical (unpaired) electrons. The molecule has 1 aliphatic carbocycles. The molecule has 1 unspecified atom stereocenters. The lowest BCUT2D eigenvalue weighted by Crippen LogP contribution is -3.10. The Labute approximate surface area is 152 Å². The molecule has 126 valence electrons. The Morgan fingerprint density at radius 1 is 1.29 bits per heavy atom. The van der Waals surface area contributed by atoms with Gasteiger partial charge in [0, 0.05) is 22.1 Å². The van der Waals surface area contributed by atoms with Gasteiger partial charge in [-0.15, -0.1) is 0 Å². The maximum Gasteiger partial charge on any atom is 0.279 e. The van der Waals surface area contributed by atoms with Crippen LogP contribution in [-0.2, 0) is 11.2 Å². The topological polar surface area (TPSA) is 33.5 Å². The van der Waals surface area contributed by atoms with Gasteiger partial charge in [-0.25, -0.2) is 0 Å². The Hall–Kier alpha value is -1.65. The zero-order valence-electron chi connectivity index (χ0n) is 14.2. The zero-order valence-corrected chi connectivity index (χ0v) is 15.8. The van der Waals surface area contributed by atoms with Crippen LogP contribution in [0.25, 0.3) is 0 Å². The number of likely N-dealkylation sites (N-methyl/N-ethyl adjacent to an activating group) is 1. The Morgan fingerprint density at radius 2 is 2.08 bits per heavy atom. The molecule has 0 aliphatic heterocycles. The van der Waals surface area contributed by atoms with Crippen molar-refractivity contribution in [2.24, 2.45) is 0 Å². The number of carbonyl (C=O) groups excluding carboxylic acids is 1. The van der Waals surface area contributed by atoms with Crippen LogP contribution < -0.4 is 10.2 Å². The van der Waals surface area contributed by atoms with Crippen LogP contribution in [0.15, 0.2) is 46.9 Å². The van der Waals surface area contributed by atoms with Gasteiger partial charge in [0.05, 0.1) is 7.05 Å². The van der Waals surface area contributed by atoms with Gasteiger partial charge >= 0.3 is 0 Å². The number of hydrogen-bond acceptors (Lipinski definition) is 1. The molecule has 0 aromatic heterocycles. The van der Waals surface area contributed by atoms with Crippen LogP contribution in [-0.4, -0.2) is 19.5 Å². The van der Waals surface area contributed by atoms with Crippen molar-refractivity contribution in [3.05, 3.63) is 63.6 Å². The summed E-state index contributed by atoms with van der Waals surface area (Å²) >= 11 is 3.45. The Bertz CT molecular complexity index is 744. The number of carbonyl (C=O) groups is 1. The summed E-state index contributed by atoms with van der Waals surface area (Å²) in [6, 6.07) is 15.0. The van der Waals surface area contributed by atoms with Crippen molar-refractivity contribution < 1.29 is 9.69 Å². The van der Waals surface area contributed by atoms with Crippen LogP contribution in [0.4, 0.5) is 5.69 Å². The van der Waals surface area contributed by atoms with Crippen LogP contribution in [0.2, 0.25) is 0 Å². The second-order valence-corrected chi connectivity index (χ2v) is 7.59. The number of quaternary nitrogens is 1. The fourth-order valence-electron chi connectivity index (χ4n) is 3.60. The Balaban J connectivity index is 1.67. The highest BCUT2D eigenvalue weighted by Crippen LogP contribution is 2.27. The lowest BCUT2D eigenvalue weighted by atomic mass is 9.87. The zero-order chi connectivity index (χ0) is 17.1. The number of anilines is 1. The van der Waals surface area contributed by atoms with Crippen LogP contribution in [0.5, 0.6) is 0 Å². The van der Waals surface area contributed by atoms with Crippen LogP contribution in [0.1, 0.15) is 35.6 Å². The Morgan fingerprint density at radius 3 is 2.88 bits per heavy atom. The van der Waals surface area contributed by atoms with Gasteiger partial charge < -0.3 is 10.2 Å². The normalized spacial score (nSPS) is 17.9. The molecule has 0 bridgehead atoms. The van der Waals surface area contributed by atoms with Crippen molar-refractivity contribution in [3.63, 3.8) is 0 Å². The first kappa shape index (κ1) is 17.2. The van der Waals surface area contributed by atoms with E-state index >= 15 is 0 Å². The van der Waals surface area contributed by atoms with E-state index in [1.165, 1.54) is 22.4 Å². The summed E-state index contributed by atoms with van der Waals surface area (Å²) in [7, 11) is 2.13. The number of amides is 1. The molecular weight excluding hydrogens is 364 g/mol. The third kappa shape index (κ3) is 3.87. The SMILES string of the molecule is Cc1cc(Br)ccc1NC(=O)C[NH+](C)[C@H]1CCCc2ccccc21. The van der Waals surface area contributed by atoms with Crippen LogP contribution >= 0.6 is 15.9 Å². The molecule has 24 heavy (non-hydrogen) atoms. The van der Waals surface area contributed by atoms with Gasteiger partial charge in [-0.1, -0.05) is 40.2 Å². The molecule has 2 N–H and O–H groups in total. The smallest absolute Gasteiger partial charge is 0.279 e. The fourth-order valence-corrected chi connectivity index (χ4v) is 4.08. The molecule has 2 atom stereocenters. The summed E-state index contributed by atoms with van der Waals surface area (Å²) in [5, 5.41) is 3.05. The number of fused-ring (bicyclic) bond motifs is 1. The molecule has 2 aromatic rings. The summed E-state index contributed by atoms with van der Waals surface area (Å²) in [4.78, 5) is 13.7. The minimum atomic E-state index is 0.0703. The van der Waals surface area contributed by atoms with E-state index in [-0.39, 0.29) is 5.91 Å². The van der Waals surface area contributed by atoms with Gasteiger partial charge in [0.15, 0.2) is 6.54 Å². The van der Waals surface area contributed by atoms with Gasteiger partial charge in [0.25, 0.3) is 5.91 Å². The van der Waals surface area contributed by atoms with Crippen molar-refractivity contribution in [3.8, 4) is 0 Å². The second kappa shape index (κ2) is 7.49. The summed E-state index contributed by atoms with van der Waals surface area (Å²) < 4.78 is 1.03. The number of halogens is 1. The highest BCUT2D eigenvalue weighted by molar-refractivity contribution is 9.10. The molecule has 0 fully saturated rings. The predicted octanol–water partition coefficient (Wildman–Crippen LogP) is 3.29. The molecule has 0 spiro atoms. The largest absolute Gasteiger partial charge is 0.323 e. The van der Waals surface area contributed by atoms with Crippen molar-refractivity contribution in [2.75, 3.05) is 18.9 Å². The fraction of sp³-hybridized carbons (Fsp3) is 0.350. The van der Waals surface area contributed by atoms with Gasteiger partial charge in [-0.3, -0.25) is 4.79 Å². The van der Waals surface area contributed by atoms with Crippen LogP contribution in [0.3, 0.4) is 0 Å². The molecule has 0 saturated carbocycles. The van der Waals surface area contributed by atoms with E-state index in [4.69, 9.17) is 0 Å².